The molecule has 0 bridgehead atoms. The molecule has 0 saturated carbocycles. The summed E-state index contributed by atoms with van der Waals surface area (Å²) in [6, 6.07) is 2.86. The average molecular weight is 310 g/mol. The zero-order valence-electron chi connectivity index (χ0n) is 11.1. The second kappa shape index (κ2) is 6.11. The molecule has 4 nitrogen and oxygen atoms in total. The molecule has 1 atom stereocenters. The van der Waals surface area contributed by atoms with Crippen LogP contribution >= 0.6 is 0 Å². The molecule has 0 spiro atoms. The van der Waals surface area contributed by atoms with E-state index in [0.29, 0.717) is 0 Å². The van der Waals surface area contributed by atoms with Gasteiger partial charge in [-0.05, 0) is 30.2 Å². The summed E-state index contributed by atoms with van der Waals surface area (Å²) in [4.78, 5) is -0.218. The Hall–Kier alpha value is -1.12. The molecule has 0 aliphatic rings. The summed E-state index contributed by atoms with van der Waals surface area (Å²) < 4.78 is 63.6. The largest absolute Gasteiger partial charge is 0.416 e. The molecule has 0 saturated heterocycles. The molecule has 20 heavy (non-hydrogen) atoms. The van der Waals surface area contributed by atoms with Gasteiger partial charge in [-0.2, -0.15) is 13.2 Å². The number of hydrogen-bond acceptors (Lipinski definition) is 3. The van der Waals surface area contributed by atoms with E-state index in [-0.39, 0.29) is 17.4 Å². The summed E-state index contributed by atoms with van der Waals surface area (Å²) >= 11 is 0. The van der Waals surface area contributed by atoms with Gasteiger partial charge in [-0.25, -0.2) is 13.1 Å². The molecule has 0 heterocycles. The molecule has 0 amide bonds. The van der Waals surface area contributed by atoms with Crippen LogP contribution in [0.2, 0.25) is 0 Å². The normalized spacial score (nSPS) is 14.6. The Labute approximate surface area is 116 Å². The highest BCUT2D eigenvalue weighted by Crippen LogP contribution is 2.29. The van der Waals surface area contributed by atoms with Crippen molar-refractivity contribution in [3.8, 4) is 0 Å². The third kappa shape index (κ3) is 4.19. The lowest BCUT2D eigenvalue weighted by Gasteiger charge is -2.20. The first kappa shape index (κ1) is 16.9. The summed E-state index contributed by atoms with van der Waals surface area (Å²) in [7, 11) is -3.88. The van der Waals surface area contributed by atoms with Crippen LogP contribution in [0.1, 0.15) is 19.4 Å². The van der Waals surface area contributed by atoms with Crippen molar-refractivity contribution in [2.45, 2.75) is 31.0 Å². The molecule has 1 unspecified atom stereocenters. The van der Waals surface area contributed by atoms with Crippen molar-refractivity contribution in [2.75, 3.05) is 6.54 Å². The Bertz CT molecular complexity index is 539. The van der Waals surface area contributed by atoms with E-state index in [1.807, 2.05) is 0 Å². The number of nitrogens with two attached hydrogens (primary N) is 1. The van der Waals surface area contributed by atoms with E-state index < -0.39 is 27.8 Å². The Morgan fingerprint density at radius 3 is 2.05 bits per heavy atom. The number of hydrogen-bond donors (Lipinski definition) is 2. The van der Waals surface area contributed by atoms with Crippen molar-refractivity contribution in [1.82, 2.24) is 4.72 Å². The maximum Gasteiger partial charge on any atom is 0.416 e. The van der Waals surface area contributed by atoms with Gasteiger partial charge in [0.25, 0.3) is 0 Å². The molecular weight excluding hydrogens is 293 g/mol. The summed E-state index contributed by atoms with van der Waals surface area (Å²) in [6.45, 7) is 3.71. The molecule has 114 valence electrons. The van der Waals surface area contributed by atoms with Gasteiger partial charge in [-0.3, -0.25) is 0 Å². The highest BCUT2D eigenvalue weighted by Gasteiger charge is 2.31. The lowest BCUT2D eigenvalue weighted by molar-refractivity contribution is -0.137. The van der Waals surface area contributed by atoms with Gasteiger partial charge in [0.1, 0.15) is 0 Å². The van der Waals surface area contributed by atoms with Crippen LogP contribution < -0.4 is 10.5 Å². The number of sulfonamides is 1. The second-order valence-corrected chi connectivity index (χ2v) is 6.44. The van der Waals surface area contributed by atoms with Gasteiger partial charge in [0, 0.05) is 12.6 Å². The molecular formula is C12H17F3N2O2S. The van der Waals surface area contributed by atoms with Crippen LogP contribution in [0.5, 0.6) is 0 Å². The summed E-state index contributed by atoms with van der Waals surface area (Å²) in [5.74, 6) is -0.0239. The van der Waals surface area contributed by atoms with E-state index in [1.54, 1.807) is 13.8 Å². The van der Waals surface area contributed by atoms with Gasteiger partial charge in [-0.15, -0.1) is 0 Å². The van der Waals surface area contributed by atoms with Crippen LogP contribution in [0.4, 0.5) is 13.2 Å². The molecule has 1 rings (SSSR count). The molecule has 0 radical (unpaired) electrons. The minimum atomic E-state index is -4.49. The molecule has 0 aromatic heterocycles. The van der Waals surface area contributed by atoms with E-state index >= 15 is 0 Å². The Morgan fingerprint density at radius 2 is 1.70 bits per heavy atom. The minimum Gasteiger partial charge on any atom is -0.329 e. The van der Waals surface area contributed by atoms with Gasteiger partial charge in [-0.1, -0.05) is 13.8 Å². The molecule has 0 aliphatic carbocycles. The number of halogens is 3. The van der Waals surface area contributed by atoms with Crippen molar-refractivity contribution in [3.63, 3.8) is 0 Å². The van der Waals surface area contributed by atoms with Crippen LogP contribution in [0.15, 0.2) is 29.2 Å². The first-order valence-corrected chi connectivity index (χ1v) is 7.46. The molecule has 0 fully saturated rings. The number of alkyl halides is 3. The van der Waals surface area contributed by atoms with Crippen LogP contribution in [-0.4, -0.2) is 21.0 Å². The van der Waals surface area contributed by atoms with Crippen molar-refractivity contribution in [3.05, 3.63) is 29.8 Å². The van der Waals surface area contributed by atoms with Crippen molar-refractivity contribution in [1.29, 1.82) is 0 Å². The lowest BCUT2D eigenvalue weighted by atomic mass is 10.1. The third-order valence-corrected chi connectivity index (χ3v) is 4.36. The zero-order valence-corrected chi connectivity index (χ0v) is 11.9. The van der Waals surface area contributed by atoms with Gasteiger partial charge in [0.05, 0.1) is 10.5 Å². The monoisotopic (exact) mass is 310 g/mol. The van der Waals surface area contributed by atoms with Crippen LogP contribution in [-0.2, 0) is 16.2 Å². The van der Waals surface area contributed by atoms with E-state index in [1.165, 1.54) is 0 Å². The smallest absolute Gasteiger partial charge is 0.329 e. The quantitative estimate of drug-likeness (QED) is 0.873. The fourth-order valence-electron chi connectivity index (χ4n) is 1.55. The average Bonchev–Trinajstić information content (AvgIpc) is 2.35. The molecule has 1 aromatic rings. The highest BCUT2D eigenvalue weighted by molar-refractivity contribution is 7.89. The first-order chi connectivity index (χ1) is 9.08. The number of rotatable bonds is 5. The van der Waals surface area contributed by atoms with Gasteiger partial charge in [0.2, 0.25) is 10.0 Å². The van der Waals surface area contributed by atoms with E-state index in [9.17, 15) is 21.6 Å². The fourth-order valence-corrected chi connectivity index (χ4v) is 2.94. The Morgan fingerprint density at radius 1 is 1.20 bits per heavy atom. The van der Waals surface area contributed by atoms with Crippen LogP contribution in [0.25, 0.3) is 0 Å². The first-order valence-electron chi connectivity index (χ1n) is 5.97. The standard InChI is InChI=1S/C12H17F3N2O2S/c1-8(2)11(7-16)17-20(18,19)10-5-3-9(4-6-10)12(13,14)15/h3-6,8,11,17H,7,16H2,1-2H3. The molecule has 0 aliphatic heterocycles. The predicted molar refractivity (Wildman–Crippen MR) is 69.4 cm³/mol. The van der Waals surface area contributed by atoms with Crippen molar-refractivity contribution >= 4 is 10.0 Å². The van der Waals surface area contributed by atoms with Crippen LogP contribution in [0.3, 0.4) is 0 Å². The fraction of sp³-hybridized carbons (Fsp3) is 0.500. The molecule has 8 heteroatoms. The van der Waals surface area contributed by atoms with Crippen LogP contribution in [0, 0.1) is 5.92 Å². The van der Waals surface area contributed by atoms with E-state index in [0.717, 1.165) is 24.3 Å². The van der Waals surface area contributed by atoms with E-state index in [2.05, 4.69) is 4.72 Å². The molecule has 3 N–H and O–H groups in total. The van der Waals surface area contributed by atoms with E-state index in [4.69, 9.17) is 5.73 Å². The minimum absolute atomic E-state index is 0.0239. The highest BCUT2D eigenvalue weighted by atomic mass is 32.2. The molecule has 1 aromatic carbocycles. The summed E-state index contributed by atoms with van der Waals surface area (Å²) in [6.07, 6.45) is -4.49. The Kier molecular flexibility index (Phi) is 5.17. The van der Waals surface area contributed by atoms with Gasteiger partial charge >= 0.3 is 6.18 Å². The maximum atomic E-state index is 12.4. The SMILES string of the molecule is CC(C)C(CN)NS(=O)(=O)c1ccc(C(F)(F)F)cc1. The van der Waals surface area contributed by atoms with Crippen molar-refractivity contribution in [2.24, 2.45) is 11.7 Å². The number of benzene rings is 1. The Balaban J connectivity index is 2.99. The van der Waals surface area contributed by atoms with Gasteiger partial charge < -0.3 is 5.73 Å². The van der Waals surface area contributed by atoms with Gasteiger partial charge in [0.15, 0.2) is 0 Å². The number of nitrogens with one attached hydrogen (secondary N) is 1. The lowest BCUT2D eigenvalue weighted by Crippen LogP contribution is -2.43. The zero-order chi connectivity index (χ0) is 15.6. The third-order valence-electron chi connectivity index (χ3n) is 2.86. The second-order valence-electron chi connectivity index (χ2n) is 4.73. The summed E-state index contributed by atoms with van der Waals surface area (Å²) in [5.41, 5.74) is 4.57. The maximum absolute atomic E-state index is 12.4. The summed E-state index contributed by atoms with van der Waals surface area (Å²) in [5, 5.41) is 0. The predicted octanol–water partition coefficient (Wildman–Crippen LogP) is 1.97. The van der Waals surface area contributed by atoms with Crippen molar-refractivity contribution < 1.29 is 21.6 Å². The topological polar surface area (TPSA) is 72.2 Å².